The van der Waals surface area contributed by atoms with Crippen molar-refractivity contribution in [1.29, 1.82) is 0 Å². The van der Waals surface area contributed by atoms with Gasteiger partial charge in [-0.05, 0) is 54.4 Å². The molecule has 0 atom stereocenters. The zero-order valence-electron chi connectivity index (χ0n) is 15.6. The van der Waals surface area contributed by atoms with Crippen LogP contribution in [0.4, 0.5) is 0 Å². The molecule has 3 heteroatoms. The molecule has 1 aromatic rings. The summed E-state index contributed by atoms with van der Waals surface area (Å²) in [5.41, 5.74) is 5.95. The Labute approximate surface area is 147 Å². The first-order valence-corrected chi connectivity index (χ1v) is 9.72. The van der Waals surface area contributed by atoms with Crippen molar-refractivity contribution in [3.63, 3.8) is 0 Å². The van der Waals surface area contributed by atoms with E-state index in [1.54, 1.807) is 5.56 Å². The van der Waals surface area contributed by atoms with Crippen LogP contribution in [0.5, 0.6) is 0 Å². The molecule has 2 rings (SSSR count). The molecule has 0 saturated heterocycles. The van der Waals surface area contributed by atoms with E-state index in [-0.39, 0.29) is 0 Å². The molecular weight excluding hydrogens is 300 g/mol. The summed E-state index contributed by atoms with van der Waals surface area (Å²) in [5.74, 6) is 0. The maximum Gasteiger partial charge on any atom is 0.0720 e. The summed E-state index contributed by atoms with van der Waals surface area (Å²) in [6.45, 7) is 8.60. The number of unbranched alkanes of at least 4 members (excludes halogenated alkanes) is 1. The van der Waals surface area contributed by atoms with Crippen LogP contribution in [0.2, 0.25) is 0 Å². The first kappa shape index (κ1) is 19.4. The molecule has 1 aromatic carbocycles. The molecule has 0 bridgehead atoms. The first-order chi connectivity index (χ1) is 11.8. The second-order valence-corrected chi connectivity index (χ2v) is 6.62. The smallest absolute Gasteiger partial charge is 0.0720 e. The summed E-state index contributed by atoms with van der Waals surface area (Å²) in [6, 6.07) is 4.81. The van der Waals surface area contributed by atoms with E-state index in [0.717, 1.165) is 19.4 Å². The van der Waals surface area contributed by atoms with Crippen LogP contribution in [0.3, 0.4) is 0 Å². The molecule has 0 radical (unpaired) electrons. The maximum absolute atomic E-state index is 5.85. The van der Waals surface area contributed by atoms with E-state index < -0.39 is 0 Å². The van der Waals surface area contributed by atoms with Crippen molar-refractivity contribution < 1.29 is 14.2 Å². The van der Waals surface area contributed by atoms with E-state index in [9.17, 15) is 0 Å². The van der Waals surface area contributed by atoms with Gasteiger partial charge in [0, 0.05) is 6.61 Å². The molecular formula is C21H34O3. The van der Waals surface area contributed by atoms with Gasteiger partial charge in [-0.1, -0.05) is 38.8 Å². The quantitative estimate of drug-likeness (QED) is 0.498. The molecule has 0 N–H and O–H groups in total. The Morgan fingerprint density at radius 2 is 1.38 bits per heavy atom. The molecule has 0 fully saturated rings. The lowest BCUT2D eigenvalue weighted by molar-refractivity contribution is 0.0101. The summed E-state index contributed by atoms with van der Waals surface area (Å²) in [6.07, 6.45) is 8.43. The standard InChI is InChI=1S/C21H34O3/c1-3-5-10-22-11-12-23-13-14-24-17-21-16-20-9-6-8-19(20)15-18(21)7-4-2/h15-16H,3-14,17H2,1-2H3. The topological polar surface area (TPSA) is 27.7 Å². The van der Waals surface area contributed by atoms with Gasteiger partial charge in [-0.15, -0.1) is 0 Å². The second kappa shape index (κ2) is 11.6. The number of hydrogen-bond donors (Lipinski definition) is 0. The number of benzene rings is 1. The molecule has 0 heterocycles. The summed E-state index contributed by atoms with van der Waals surface area (Å²) in [7, 11) is 0. The fourth-order valence-electron chi connectivity index (χ4n) is 3.23. The molecule has 0 spiro atoms. The van der Waals surface area contributed by atoms with Gasteiger partial charge >= 0.3 is 0 Å². The Kier molecular flexibility index (Phi) is 9.40. The molecule has 0 amide bonds. The van der Waals surface area contributed by atoms with E-state index >= 15 is 0 Å². The fourth-order valence-corrected chi connectivity index (χ4v) is 3.23. The van der Waals surface area contributed by atoms with Crippen LogP contribution >= 0.6 is 0 Å². The number of fused-ring (bicyclic) bond motifs is 1. The molecule has 0 saturated carbocycles. The van der Waals surface area contributed by atoms with Crippen LogP contribution in [0, 0.1) is 0 Å². The van der Waals surface area contributed by atoms with Crippen molar-refractivity contribution >= 4 is 0 Å². The molecule has 0 unspecified atom stereocenters. The monoisotopic (exact) mass is 334 g/mol. The van der Waals surface area contributed by atoms with E-state index in [1.807, 2.05) is 0 Å². The number of aryl methyl sites for hydroxylation is 3. The van der Waals surface area contributed by atoms with Crippen molar-refractivity contribution in [3.05, 3.63) is 34.4 Å². The van der Waals surface area contributed by atoms with Crippen LogP contribution in [-0.2, 0) is 40.1 Å². The summed E-state index contributed by atoms with van der Waals surface area (Å²) in [5, 5.41) is 0. The normalized spacial score (nSPS) is 13.4. The Bertz CT molecular complexity index is 470. The Morgan fingerprint density at radius 1 is 0.750 bits per heavy atom. The number of hydrogen-bond acceptors (Lipinski definition) is 3. The minimum absolute atomic E-state index is 0.644. The summed E-state index contributed by atoms with van der Waals surface area (Å²) in [4.78, 5) is 0. The predicted octanol–water partition coefficient (Wildman–Crippen LogP) is 4.48. The van der Waals surface area contributed by atoms with Crippen molar-refractivity contribution in [2.75, 3.05) is 33.0 Å². The minimum Gasteiger partial charge on any atom is -0.379 e. The minimum atomic E-state index is 0.644. The van der Waals surface area contributed by atoms with E-state index in [4.69, 9.17) is 14.2 Å². The highest BCUT2D eigenvalue weighted by atomic mass is 16.5. The van der Waals surface area contributed by atoms with E-state index in [0.29, 0.717) is 33.0 Å². The maximum atomic E-state index is 5.85. The molecule has 136 valence electrons. The highest BCUT2D eigenvalue weighted by Gasteiger charge is 2.14. The van der Waals surface area contributed by atoms with Gasteiger partial charge < -0.3 is 14.2 Å². The molecule has 0 aromatic heterocycles. The highest BCUT2D eigenvalue weighted by Crippen LogP contribution is 2.26. The van der Waals surface area contributed by atoms with Gasteiger partial charge in [0.15, 0.2) is 0 Å². The summed E-state index contributed by atoms with van der Waals surface area (Å²) >= 11 is 0. The average molecular weight is 335 g/mol. The third-order valence-corrected chi connectivity index (χ3v) is 4.58. The molecule has 0 aliphatic heterocycles. The predicted molar refractivity (Wildman–Crippen MR) is 98.7 cm³/mol. The summed E-state index contributed by atoms with van der Waals surface area (Å²) < 4.78 is 16.9. The van der Waals surface area contributed by atoms with Gasteiger partial charge in [-0.25, -0.2) is 0 Å². The van der Waals surface area contributed by atoms with Gasteiger partial charge in [-0.3, -0.25) is 0 Å². The fraction of sp³-hybridized carbons (Fsp3) is 0.714. The lowest BCUT2D eigenvalue weighted by atomic mass is 9.97. The Morgan fingerprint density at radius 3 is 2.04 bits per heavy atom. The van der Waals surface area contributed by atoms with Crippen molar-refractivity contribution in [1.82, 2.24) is 0 Å². The van der Waals surface area contributed by atoms with Crippen LogP contribution in [0.15, 0.2) is 12.1 Å². The second-order valence-electron chi connectivity index (χ2n) is 6.62. The molecule has 1 aliphatic rings. The first-order valence-electron chi connectivity index (χ1n) is 9.72. The van der Waals surface area contributed by atoms with Crippen LogP contribution in [0.1, 0.15) is 61.8 Å². The van der Waals surface area contributed by atoms with Gasteiger partial charge in [-0.2, -0.15) is 0 Å². The Balaban J connectivity index is 1.63. The largest absolute Gasteiger partial charge is 0.379 e. The zero-order valence-corrected chi connectivity index (χ0v) is 15.6. The Hall–Kier alpha value is -0.900. The van der Waals surface area contributed by atoms with Crippen molar-refractivity contribution in [2.24, 2.45) is 0 Å². The highest BCUT2D eigenvalue weighted by molar-refractivity contribution is 5.40. The van der Waals surface area contributed by atoms with Gasteiger partial charge in [0.25, 0.3) is 0 Å². The van der Waals surface area contributed by atoms with Gasteiger partial charge in [0.1, 0.15) is 0 Å². The van der Waals surface area contributed by atoms with E-state index in [1.165, 1.54) is 48.8 Å². The van der Waals surface area contributed by atoms with Crippen LogP contribution in [-0.4, -0.2) is 33.0 Å². The van der Waals surface area contributed by atoms with Gasteiger partial charge in [0.2, 0.25) is 0 Å². The zero-order chi connectivity index (χ0) is 17.0. The number of ether oxygens (including phenoxy) is 3. The number of rotatable bonds is 13. The molecule has 24 heavy (non-hydrogen) atoms. The van der Waals surface area contributed by atoms with E-state index in [2.05, 4.69) is 26.0 Å². The van der Waals surface area contributed by atoms with Crippen LogP contribution in [0.25, 0.3) is 0 Å². The third-order valence-electron chi connectivity index (χ3n) is 4.58. The average Bonchev–Trinajstić information content (AvgIpc) is 3.04. The molecule has 1 aliphatic carbocycles. The lowest BCUT2D eigenvalue weighted by Gasteiger charge is -2.13. The lowest BCUT2D eigenvalue weighted by Crippen LogP contribution is -2.10. The van der Waals surface area contributed by atoms with Crippen LogP contribution < -0.4 is 0 Å². The third kappa shape index (κ3) is 6.54. The van der Waals surface area contributed by atoms with Crippen molar-refractivity contribution in [2.45, 2.75) is 65.4 Å². The molecule has 3 nitrogen and oxygen atoms in total. The van der Waals surface area contributed by atoms with Gasteiger partial charge in [0.05, 0.1) is 33.0 Å². The van der Waals surface area contributed by atoms with Crippen molar-refractivity contribution in [3.8, 4) is 0 Å². The SMILES string of the molecule is CCCCOCCOCCOCc1cc2c(cc1CCC)CCC2.